The van der Waals surface area contributed by atoms with E-state index in [1.54, 1.807) is 0 Å². The van der Waals surface area contributed by atoms with Gasteiger partial charge in [0.05, 0.1) is 11.1 Å². The van der Waals surface area contributed by atoms with Gasteiger partial charge in [0.25, 0.3) is 15.7 Å². The molecule has 0 bridgehead atoms. The Balaban J connectivity index is 2.14. The van der Waals surface area contributed by atoms with Crippen LogP contribution in [-0.4, -0.2) is 49.4 Å². The average Bonchev–Trinajstić information content (AvgIpc) is 2.97. The highest BCUT2D eigenvalue weighted by atomic mass is 32.2. The number of aromatic nitrogens is 2. The van der Waals surface area contributed by atoms with Crippen LogP contribution in [0.1, 0.15) is 32.6 Å². The largest absolute Gasteiger partial charge is 0.399 e. The van der Waals surface area contributed by atoms with Gasteiger partial charge in [-0.1, -0.05) is 20.8 Å². The molecule has 2 unspecified atom stereocenters. The second-order valence-corrected chi connectivity index (χ2v) is 15.2. The highest BCUT2D eigenvalue weighted by Gasteiger charge is 2.67. The van der Waals surface area contributed by atoms with E-state index in [4.69, 9.17) is 19.1 Å². The van der Waals surface area contributed by atoms with Gasteiger partial charge in [-0.3, -0.25) is 14.3 Å². The molecule has 0 aromatic carbocycles. The number of nitrogens with zero attached hydrogens (tertiary/aromatic N) is 1. The fraction of sp³-hybridized carbons (Fsp3) is 0.647. The number of nitrogens with one attached hydrogen (secondary N) is 1. The van der Waals surface area contributed by atoms with Crippen LogP contribution in [0.15, 0.2) is 26.9 Å². The number of hydrogen-bond donors (Lipinski definition) is 3. The van der Waals surface area contributed by atoms with Gasteiger partial charge >= 0.3 is 5.69 Å². The normalized spacial score (nSPS) is 31.3. The zero-order chi connectivity index (χ0) is 22.9. The third-order valence-electron chi connectivity index (χ3n) is 5.93. The molecule has 3 heterocycles. The van der Waals surface area contributed by atoms with Crippen LogP contribution < -0.4 is 17.0 Å². The van der Waals surface area contributed by atoms with E-state index in [1.165, 1.54) is 13.1 Å². The van der Waals surface area contributed by atoms with Crippen LogP contribution in [0.5, 0.6) is 0 Å². The number of aromatic amines is 1. The van der Waals surface area contributed by atoms with E-state index >= 15 is 0 Å². The second kappa shape index (κ2) is 6.87. The van der Waals surface area contributed by atoms with Crippen molar-refractivity contribution < 1.29 is 26.9 Å². The molecule has 1 aromatic heterocycles. The van der Waals surface area contributed by atoms with E-state index in [2.05, 4.69) is 4.98 Å². The predicted molar refractivity (Wildman–Crippen MR) is 109 cm³/mol. The molecule has 11 nitrogen and oxygen atoms in total. The SMILES string of the molecule is Cc1cn([C@@H]2O[C@H](O[Si](C)(C)C(C)(C)C)C3(OS(=O)(=O)C=C3N)C2O)c(=O)[nH]c1=O. The van der Waals surface area contributed by atoms with Crippen molar-refractivity contribution in [3.63, 3.8) is 0 Å². The molecule has 2 aliphatic rings. The van der Waals surface area contributed by atoms with Gasteiger partial charge in [0.2, 0.25) is 5.60 Å². The van der Waals surface area contributed by atoms with E-state index in [1.807, 2.05) is 33.9 Å². The molecule has 1 aromatic rings. The fourth-order valence-electron chi connectivity index (χ4n) is 3.11. The van der Waals surface area contributed by atoms with E-state index in [0.717, 1.165) is 4.57 Å². The number of rotatable bonds is 3. The first-order valence-corrected chi connectivity index (χ1v) is 13.7. The summed E-state index contributed by atoms with van der Waals surface area (Å²) in [4.78, 5) is 26.2. The van der Waals surface area contributed by atoms with Gasteiger partial charge in [-0.05, 0) is 25.1 Å². The van der Waals surface area contributed by atoms with Crippen molar-refractivity contribution in [3.05, 3.63) is 43.7 Å². The Morgan fingerprint density at radius 1 is 1.33 bits per heavy atom. The fourth-order valence-corrected chi connectivity index (χ4v) is 5.43. The Labute approximate surface area is 174 Å². The van der Waals surface area contributed by atoms with E-state index < -0.39 is 53.9 Å². The van der Waals surface area contributed by atoms with Crippen molar-refractivity contribution >= 4 is 18.4 Å². The summed E-state index contributed by atoms with van der Waals surface area (Å²) in [6, 6.07) is 0. The van der Waals surface area contributed by atoms with Crippen molar-refractivity contribution in [2.45, 2.75) is 70.1 Å². The molecule has 0 amide bonds. The summed E-state index contributed by atoms with van der Waals surface area (Å²) in [5.74, 6) is 0. The van der Waals surface area contributed by atoms with Crippen molar-refractivity contribution in [2.24, 2.45) is 5.73 Å². The molecule has 0 radical (unpaired) electrons. The van der Waals surface area contributed by atoms with E-state index in [9.17, 15) is 23.1 Å². The zero-order valence-electron chi connectivity index (χ0n) is 17.6. The summed E-state index contributed by atoms with van der Waals surface area (Å²) in [6.45, 7) is 11.2. The van der Waals surface area contributed by atoms with Crippen molar-refractivity contribution in [1.82, 2.24) is 9.55 Å². The third-order valence-corrected chi connectivity index (χ3v) is 11.4. The Morgan fingerprint density at radius 2 is 1.93 bits per heavy atom. The Morgan fingerprint density at radius 3 is 2.43 bits per heavy atom. The van der Waals surface area contributed by atoms with Gasteiger partial charge in [-0.15, -0.1) is 0 Å². The van der Waals surface area contributed by atoms with Crippen LogP contribution in [0.2, 0.25) is 18.1 Å². The second-order valence-electron chi connectivity index (χ2n) is 9.10. The van der Waals surface area contributed by atoms with Gasteiger partial charge in [0, 0.05) is 11.8 Å². The zero-order valence-corrected chi connectivity index (χ0v) is 19.4. The minimum atomic E-state index is -4.21. The molecule has 1 spiro atoms. The molecule has 13 heteroatoms. The van der Waals surface area contributed by atoms with Gasteiger partial charge in [0.1, 0.15) is 6.10 Å². The summed E-state index contributed by atoms with van der Waals surface area (Å²) in [5.41, 5.74) is 2.39. The topological polar surface area (TPSA) is 163 Å². The number of aliphatic hydroxyl groups is 1. The molecule has 0 aliphatic carbocycles. The molecule has 0 saturated carbocycles. The molecule has 4 atom stereocenters. The van der Waals surface area contributed by atoms with Crippen molar-refractivity contribution in [2.75, 3.05) is 0 Å². The number of H-pyrrole nitrogens is 1. The minimum absolute atomic E-state index is 0.191. The lowest BCUT2D eigenvalue weighted by Gasteiger charge is -2.41. The summed E-state index contributed by atoms with van der Waals surface area (Å²) in [7, 11) is -6.78. The standard InChI is InChI=1S/C17H27N3O8SSi/c1-9-7-20(15(23)19-12(9)22)13-11(21)17(10(18)8-29(24,25)28-17)14(26-13)27-30(5,6)16(2,3)4/h7-8,11,13-14,21H,18H2,1-6H3,(H,19,22,23)/t11?,13-,14-,17?/m1/s1. The van der Waals surface area contributed by atoms with Crippen LogP contribution in [-0.2, 0) is 23.5 Å². The molecule has 1 saturated heterocycles. The smallest absolute Gasteiger partial charge is 0.330 e. The summed E-state index contributed by atoms with van der Waals surface area (Å²) in [5, 5.41) is 11.5. The Hall–Kier alpha value is -1.77. The number of aryl methyl sites for hydroxylation is 1. The lowest BCUT2D eigenvalue weighted by atomic mass is 9.94. The molecule has 168 valence electrons. The van der Waals surface area contributed by atoms with Crippen molar-refractivity contribution in [3.8, 4) is 0 Å². The maximum absolute atomic E-state index is 12.4. The third kappa shape index (κ3) is 3.48. The summed E-state index contributed by atoms with van der Waals surface area (Å²) >= 11 is 0. The van der Waals surface area contributed by atoms with E-state index in [0.29, 0.717) is 5.41 Å². The molecule has 30 heavy (non-hydrogen) atoms. The molecule has 3 rings (SSSR count). The van der Waals surface area contributed by atoms with Crippen LogP contribution in [0.3, 0.4) is 0 Å². The van der Waals surface area contributed by atoms with Gasteiger partial charge < -0.3 is 20.0 Å². The number of ether oxygens (including phenoxy) is 1. The van der Waals surface area contributed by atoms with Crippen LogP contribution in [0.4, 0.5) is 0 Å². The van der Waals surface area contributed by atoms with Gasteiger partial charge in [-0.2, -0.15) is 8.42 Å². The monoisotopic (exact) mass is 461 g/mol. The molecular weight excluding hydrogens is 434 g/mol. The lowest BCUT2D eigenvalue weighted by Crippen LogP contribution is -2.57. The van der Waals surface area contributed by atoms with Crippen molar-refractivity contribution in [1.29, 1.82) is 0 Å². The summed E-state index contributed by atoms with van der Waals surface area (Å²) < 4.78 is 42.6. The number of nitrogens with two attached hydrogens (primary N) is 1. The maximum Gasteiger partial charge on any atom is 0.330 e. The van der Waals surface area contributed by atoms with Gasteiger partial charge in [-0.25, -0.2) is 8.98 Å². The van der Waals surface area contributed by atoms with Gasteiger partial charge in [0.15, 0.2) is 20.8 Å². The predicted octanol–water partition coefficient (Wildman–Crippen LogP) is -0.0185. The first kappa shape index (κ1) is 22.9. The molecule has 4 N–H and O–H groups in total. The van der Waals surface area contributed by atoms with Crippen LogP contribution in [0.25, 0.3) is 0 Å². The highest BCUT2D eigenvalue weighted by molar-refractivity contribution is 7.90. The lowest BCUT2D eigenvalue weighted by molar-refractivity contribution is -0.147. The molecule has 1 fully saturated rings. The van der Waals surface area contributed by atoms with Crippen LogP contribution in [0, 0.1) is 6.92 Å². The number of hydrogen-bond acceptors (Lipinski definition) is 9. The molecular formula is C17H27N3O8SSi. The quantitative estimate of drug-likeness (QED) is 0.415. The average molecular weight is 462 g/mol. The van der Waals surface area contributed by atoms with E-state index in [-0.39, 0.29) is 16.3 Å². The minimum Gasteiger partial charge on any atom is -0.399 e. The first-order valence-electron chi connectivity index (χ1n) is 9.28. The molecule has 2 aliphatic heterocycles. The summed E-state index contributed by atoms with van der Waals surface area (Å²) in [6.07, 6.45) is -3.33. The maximum atomic E-state index is 12.4. The number of aliphatic hydroxyl groups excluding tert-OH is 1. The Kier molecular flexibility index (Phi) is 5.24. The Bertz CT molecular complexity index is 1120. The highest BCUT2D eigenvalue weighted by Crippen LogP contribution is 2.50. The van der Waals surface area contributed by atoms with Crippen LogP contribution >= 0.6 is 0 Å². The first-order chi connectivity index (χ1) is 13.5.